The molecule has 0 atom stereocenters. The van der Waals surface area contributed by atoms with Gasteiger partial charge < -0.3 is 5.73 Å². The number of rotatable bonds is 4. The molecule has 0 aliphatic rings. The zero-order valence-corrected chi connectivity index (χ0v) is 12.8. The van der Waals surface area contributed by atoms with Gasteiger partial charge in [-0.25, -0.2) is 17.8 Å². The molecule has 2 rings (SSSR count). The van der Waals surface area contributed by atoms with Crippen molar-refractivity contribution in [2.75, 3.05) is 10.5 Å². The number of hydrogen-bond donors (Lipinski definition) is 2. The van der Waals surface area contributed by atoms with Gasteiger partial charge in [-0.2, -0.15) is 0 Å². The molecule has 0 spiro atoms. The summed E-state index contributed by atoms with van der Waals surface area (Å²) in [5, 5.41) is 1.40. The largest absolute Gasteiger partial charge is 0.399 e. The molecule has 0 radical (unpaired) electrons. The Balaban J connectivity index is 2.40. The van der Waals surface area contributed by atoms with Gasteiger partial charge in [-0.05, 0) is 24.6 Å². The number of nitrogens with zero attached hydrogens (tertiary/aromatic N) is 1. The number of aromatic nitrogens is 1. The lowest BCUT2D eigenvalue weighted by molar-refractivity contribution is 0.101. The highest BCUT2D eigenvalue weighted by Gasteiger charge is 2.22. The molecule has 0 saturated heterocycles. The van der Waals surface area contributed by atoms with E-state index in [0.717, 1.165) is 17.4 Å². The number of sulfonamides is 1. The van der Waals surface area contributed by atoms with Crippen molar-refractivity contribution in [1.82, 2.24) is 4.98 Å². The number of aryl methyl sites for hydroxylation is 1. The van der Waals surface area contributed by atoms with Gasteiger partial charge in [0.2, 0.25) is 0 Å². The smallest absolute Gasteiger partial charge is 0.266 e. The third kappa shape index (κ3) is 3.19. The van der Waals surface area contributed by atoms with Crippen LogP contribution in [0.25, 0.3) is 0 Å². The van der Waals surface area contributed by atoms with E-state index in [1.807, 2.05) is 0 Å². The average Bonchev–Trinajstić information content (AvgIpc) is 2.81. The number of thiazole rings is 1. The van der Waals surface area contributed by atoms with Crippen LogP contribution < -0.4 is 10.5 Å². The van der Waals surface area contributed by atoms with Crippen molar-refractivity contribution in [2.24, 2.45) is 0 Å². The number of hydrogen-bond acceptors (Lipinski definition) is 6. The van der Waals surface area contributed by atoms with Crippen LogP contribution in [0.4, 0.5) is 15.2 Å². The minimum absolute atomic E-state index is 0.0142. The number of anilines is 2. The molecule has 0 bridgehead atoms. The molecule has 3 N–H and O–H groups in total. The van der Waals surface area contributed by atoms with Gasteiger partial charge in [0.15, 0.2) is 10.9 Å². The minimum atomic E-state index is -4.17. The molecule has 1 aromatic heterocycles. The van der Waals surface area contributed by atoms with E-state index in [9.17, 15) is 17.6 Å². The zero-order valence-electron chi connectivity index (χ0n) is 11.2. The summed E-state index contributed by atoms with van der Waals surface area (Å²) in [6.45, 7) is 2.73. The fraction of sp³-hybridized carbons (Fsp3) is 0.167. The van der Waals surface area contributed by atoms with Crippen LogP contribution in [0.2, 0.25) is 0 Å². The molecule has 2 aromatic rings. The van der Waals surface area contributed by atoms with Crippen LogP contribution in [-0.4, -0.2) is 19.2 Å². The molecule has 0 amide bonds. The molecule has 0 unspecified atom stereocenters. The van der Waals surface area contributed by atoms with Crippen molar-refractivity contribution in [1.29, 1.82) is 0 Å². The first-order chi connectivity index (χ1) is 9.70. The first kappa shape index (κ1) is 15.4. The molecule has 0 aliphatic heterocycles. The number of benzene rings is 1. The van der Waals surface area contributed by atoms with E-state index in [1.54, 1.807) is 0 Å². The summed E-state index contributed by atoms with van der Waals surface area (Å²) in [6, 6.07) is 2.37. The maximum absolute atomic E-state index is 14.0. The quantitative estimate of drug-likeness (QED) is 0.661. The van der Waals surface area contributed by atoms with Crippen molar-refractivity contribution in [3.8, 4) is 0 Å². The summed E-state index contributed by atoms with van der Waals surface area (Å²) in [4.78, 5) is 14.4. The van der Waals surface area contributed by atoms with Crippen molar-refractivity contribution in [3.05, 3.63) is 34.6 Å². The van der Waals surface area contributed by atoms with Gasteiger partial charge >= 0.3 is 0 Å². The van der Waals surface area contributed by atoms with Crippen LogP contribution in [0.15, 0.2) is 22.4 Å². The molecule has 21 heavy (non-hydrogen) atoms. The summed E-state index contributed by atoms with van der Waals surface area (Å²) in [7, 11) is -4.17. The first-order valence-electron chi connectivity index (χ1n) is 5.75. The van der Waals surface area contributed by atoms with E-state index in [0.29, 0.717) is 0 Å². The predicted molar refractivity (Wildman–Crippen MR) is 78.5 cm³/mol. The zero-order chi connectivity index (χ0) is 15.8. The second-order valence-corrected chi connectivity index (χ2v) is 6.86. The van der Waals surface area contributed by atoms with E-state index in [4.69, 9.17) is 5.73 Å². The summed E-state index contributed by atoms with van der Waals surface area (Å²) in [5.74, 6) is -1.16. The Kier molecular flexibility index (Phi) is 3.97. The van der Waals surface area contributed by atoms with Crippen LogP contribution in [0, 0.1) is 12.7 Å². The molecule has 0 saturated carbocycles. The topological polar surface area (TPSA) is 102 Å². The SMILES string of the molecule is CC(=O)c1csc(NS(=O)(=O)c2cc(N)cc(C)c2F)n1. The fourth-order valence-electron chi connectivity index (χ4n) is 1.61. The summed E-state index contributed by atoms with van der Waals surface area (Å²) < 4.78 is 40.5. The lowest BCUT2D eigenvalue weighted by Gasteiger charge is -2.09. The Labute approximate surface area is 124 Å². The van der Waals surface area contributed by atoms with Gasteiger partial charge in [-0.3, -0.25) is 9.52 Å². The molecule has 9 heteroatoms. The van der Waals surface area contributed by atoms with Crippen LogP contribution in [-0.2, 0) is 10.0 Å². The van der Waals surface area contributed by atoms with Crippen molar-refractivity contribution in [3.63, 3.8) is 0 Å². The number of halogens is 1. The monoisotopic (exact) mass is 329 g/mol. The Morgan fingerprint density at radius 3 is 2.67 bits per heavy atom. The summed E-state index contributed by atoms with van der Waals surface area (Å²) in [5.41, 5.74) is 5.95. The van der Waals surface area contributed by atoms with Crippen LogP contribution >= 0.6 is 11.3 Å². The number of carbonyl (C=O) groups is 1. The second kappa shape index (κ2) is 5.41. The molecule has 0 aliphatic carbocycles. The average molecular weight is 329 g/mol. The maximum atomic E-state index is 14.0. The van der Waals surface area contributed by atoms with E-state index in [2.05, 4.69) is 9.71 Å². The van der Waals surface area contributed by atoms with Crippen molar-refractivity contribution < 1.29 is 17.6 Å². The highest BCUT2D eigenvalue weighted by molar-refractivity contribution is 7.93. The van der Waals surface area contributed by atoms with Gasteiger partial charge in [-0.1, -0.05) is 0 Å². The summed E-state index contributed by atoms with van der Waals surface area (Å²) in [6.07, 6.45) is 0. The Morgan fingerprint density at radius 2 is 2.10 bits per heavy atom. The van der Waals surface area contributed by atoms with E-state index >= 15 is 0 Å². The molecule has 1 aromatic carbocycles. The number of nitrogens with one attached hydrogen (secondary N) is 1. The minimum Gasteiger partial charge on any atom is -0.399 e. The van der Waals surface area contributed by atoms with Crippen LogP contribution in [0.5, 0.6) is 0 Å². The predicted octanol–water partition coefficient (Wildman–Crippen LogP) is 2.18. The molecule has 1 heterocycles. The number of nitrogen functional groups attached to an aromatic ring is 1. The second-order valence-electron chi connectivity index (χ2n) is 4.35. The van der Waals surface area contributed by atoms with E-state index < -0.39 is 20.7 Å². The normalized spacial score (nSPS) is 11.4. The standard InChI is InChI=1S/C12H12FN3O3S2/c1-6-3-8(14)4-10(11(6)13)21(18,19)16-12-15-9(5-20-12)7(2)17/h3-5H,14H2,1-2H3,(H,15,16). The third-order valence-corrected chi connectivity index (χ3v) is 4.84. The fourth-order valence-corrected chi connectivity index (χ4v) is 3.80. The van der Waals surface area contributed by atoms with Crippen LogP contribution in [0.1, 0.15) is 23.0 Å². The third-order valence-electron chi connectivity index (χ3n) is 2.62. The first-order valence-corrected chi connectivity index (χ1v) is 8.12. The van der Waals surface area contributed by atoms with E-state index in [-0.39, 0.29) is 27.9 Å². The van der Waals surface area contributed by atoms with Crippen molar-refractivity contribution in [2.45, 2.75) is 18.7 Å². The number of carbonyl (C=O) groups excluding carboxylic acids is 1. The molecular formula is C12H12FN3O3S2. The lowest BCUT2D eigenvalue weighted by Crippen LogP contribution is -2.15. The lowest BCUT2D eigenvalue weighted by atomic mass is 10.2. The van der Waals surface area contributed by atoms with Gasteiger partial charge in [0.05, 0.1) is 0 Å². The van der Waals surface area contributed by atoms with Crippen molar-refractivity contribution >= 4 is 38.0 Å². The number of ketones is 1. The van der Waals surface area contributed by atoms with Gasteiger partial charge in [-0.15, -0.1) is 11.3 Å². The molecule has 6 nitrogen and oxygen atoms in total. The molecule has 112 valence electrons. The highest BCUT2D eigenvalue weighted by atomic mass is 32.2. The Bertz CT molecular complexity index is 815. The molecule has 0 fully saturated rings. The Hall–Kier alpha value is -2.00. The van der Waals surface area contributed by atoms with E-state index in [1.165, 1.54) is 25.3 Å². The van der Waals surface area contributed by atoms with Gasteiger partial charge in [0, 0.05) is 18.0 Å². The Morgan fingerprint density at radius 1 is 1.43 bits per heavy atom. The summed E-state index contributed by atoms with van der Waals surface area (Å²) >= 11 is 0.938. The number of Topliss-reactive ketones (excluding diaryl/α,β-unsaturated/α-hetero) is 1. The molecular weight excluding hydrogens is 317 g/mol. The van der Waals surface area contributed by atoms with Crippen LogP contribution in [0.3, 0.4) is 0 Å². The maximum Gasteiger partial charge on any atom is 0.266 e. The number of nitrogens with two attached hydrogens (primary N) is 1. The highest BCUT2D eigenvalue weighted by Crippen LogP contribution is 2.25. The van der Waals surface area contributed by atoms with Gasteiger partial charge in [0.1, 0.15) is 16.4 Å². The van der Waals surface area contributed by atoms with Gasteiger partial charge in [0.25, 0.3) is 10.0 Å².